The smallest absolute Gasteiger partial charge is 0.389 e. The number of hydrogen-bond acceptors (Lipinski definition) is 7. The number of pyridine rings is 1. The maximum Gasteiger partial charge on any atom is 0.417 e. The summed E-state index contributed by atoms with van der Waals surface area (Å²) in [6.07, 6.45) is -7.25. The number of hydrogen-bond donors (Lipinski definition) is 3. The minimum absolute atomic E-state index is 0.194. The third-order valence-electron chi connectivity index (χ3n) is 6.35. The van der Waals surface area contributed by atoms with Crippen LogP contribution in [0.25, 0.3) is 10.4 Å². The van der Waals surface area contributed by atoms with Crippen molar-refractivity contribution in [3.05, 3.63) is 28.5 Å². The summed E-state index contributed by atoms with van der Waals surface area (Å²) in [6, 6.07) is -1.89. The number of alkyl halides is 6. The molecule has 1 aliphatic rings. The minimum atomic E-state index is -5.04. The zero-order valence-corrected chi connectivity index (χ0v) is 23.1. The third-order valence-corrected chi connectivity index (χ3v) is 7.44. The Morgan fingerprint density at radius 1 is 1.20 bits per heavy atom. The molecule has 0 bridgehead atoms. The molecule has 2 aromatic heterocycles. The summed E-state index contributed by atoms with van der Waals surface area (Å²) in [6.45, 7) is 6.05. The second-order valence-corrected chi connectivity index (χ2v) is 11.3. The molecule has 2 atom stereocenters. The molecular weight excluding hydrogens is 564 g/mol. The number of rotatable bonds is 8. The maximum absolute atomic E-state index is 14.2. The molecule has 3 heterocycles. The monoisotopic (exact) mass is 595 g/mol. The van der Waals surface area contributed by atoms with Crippen LogP contribution >= 0.6 is 11.3 Å². The van der Waals surface area contributed by atoms with Crippen LogP contribution in [0.3, 0.4) is 0 Å². The van der Waals surface area contributed by atoms with Crippen molar-refractivity contribution < 1.29 is 41.0 Å². The number of thiazole rings is 1. The molecule has 2 aromatic rings. The van der Waals surface area contributed by atoms with Crippen molar-refractivity contribution in [2.24, 2.45) is 0 Å². The summed E-state index contributed by atoms with van der Waals surface area (Å²) >= 11 is 0.531. The van der Waals surface area contributed by atoms with E-state index >= 15 is 0 Å². The van der Waals surface area contributed by atoms with Gasteiger partial charge in [0.25, 0.3) is 11.8 Å². The highest BCUT2D eigenvalue weighted by Crippen LogP contribution is 2.42. The van der Waals surface area contributed by atoms with Gasteiger partial charge in [0, 0.05) is 30.9 Å². The van der Waals surface area contributed by atoms with Crippen LogP contribution in [-0.2, 0) is 6.18 Å². The molecule has 0 spiro atoms. The Bertz CT molecular complexity index is 1220. The number of aliphatic hydroxyl groups is 1. The SMILES string of the molecule is CC[C@H](Nc1cc(C(F)(F)F)c(-c2sc(C(=O)NCC(C)(C)O)nc2C(=O)N2CCCC[C@@H]2C)cn1)C(F)(F)F. The lowest BCUT2D eigenvalue weighted by atomic mass is 10.0. The molecule has 1 fully saturated rings. The van der Waals surface area contributed by atoms with E-state index < -0.39 is 59.2 Å². The van der Waals surface area contributed by atoms with E-state index in [4.69, 9.17) is 0 Å². The molecule has 222 valence electrons. The van der Waals surface area contributed by atoms with Crippen molar-refractivity contribution in [1.82, 2.24) is 20.2 Å². The van der Waals surface area contributed by atoms with Crippen LogP contribution in [0.2, 0.25) is 0 Å². The predicted octanol–water partition coefficient (Wildman–Crippen LogP) is 5.49. The first-order chi connectivity index (χ1) is 18.4. The number of nitrogens with zero attached hydrogens (tertiary/aromatic N) is 3. The van der Waals surface area contributed by atoms with E-state index in [1.165, 1.54) is 25.7 Å². The summed E-state index contributed by atoms with van der Waals surface area (Å²) in [4.78, 5) is 35.4. The molecule has 0 saturated carbocycles. The lowest BCUT2D eigenvalue weighted by molar-refractivity contribution is -0.142. The van der Waals surface area contributed by atoms with Gasteiger partial charge in [-0.15, -0.1) is 11.3 Å². The Morgan fingerprint density at radius 3 is 2.42 bits per heavy atom. The Kier molecular flexibility index (Phi) is 9.39. The standard InChI is InChI=1S/C25H31F6N5O3S/c1-5-16(25(29,30)31)34-17-10-15(24(26,27)28)14(11-32-17)19-18(22(38)36-9-7-6-8-13(36)2)35-21(40-19)20(37)33-12-23(3,4)39/h10-11,13,16,39H,5-9,12H2,1-4H3,(H,32,34)(H,33,37)/t13-,16-/m0/s1. The molecule has 3 N–H and O–H groups in total. The predicted molar refractivity (Wildman–Crippen MR) is 137 cm³/mol. The van der Waals surface area contributed by atoms with Gasteiger partial charge in [0.15, 0.2) is 5.01 Å². The minimum Gasteiger partial charge on any atom is -0.389 e. The first kappa shape index (κ1) is 31.6. The van der Waals surface area contributed by atoms with Crippen LogP contribution in [0.4, 0.5) is 32.2 Å². The molecule has 15 heteroatoms. The molecule has 0 aromatic carbocycles. The van der Waals surface area contributed by atoms with Gasteiger partial charge >= 0.3 is 12.4 Å². The van der Waals surface area contributed by atoms with Crippen molar-refractivity contribution >= 4 is 29.0 Å². The zero-order chi connectivity index (χ0) is 30.0. The molecule has 8 nitrogen and oxygen atoms in total. The van der Waals surface area contributed by atoms with Crippen LogP contribution in [0.1, 0.15) is 79.2 Å². The number of anilines is 1. The largest absolute Gasteiger partial charge is 0.417 e. The van der Waals surface area contributed by atoms with E-state index in [0.717, 1.165) is 12.6 Å². The number of carbonyl (C=O) groups is 2. The fourth-order valence-electron chi connectivity index (χ4n) is 4.20. The van der Waals surface area contributed by atoms with E-state index in [-0.39, 0.29) is 28.2 Å². The Hall–Kier alpha value is -2.94. The first-order valence-corrected chi connectivity index (χ1v) is 13.5. The molecule has 1 saturated heterocycles. The normalized spacial score (nSPS) is 17.5. The van der Waals surface area contributed by atoms with E-state index in [0.29, 0.717) is 36.8 Å². The average Bonchev–Trinajstić information content (AvgIpc) is 3.29. The summed E-state index contributed by atoms with van der Waals surface area (Å²) in [7, 11) is 0. The molecule has 40 heavy (non-hydrogen) atoms. The summed E-state index contributed by atoms with van der Waals surface area (Å²) in [5, 5.41) is 14.0. The van der Waals surface area contributed by atoms with E-state index in [2.05, 4.69) is 15.3 Å². The highest BCUT2D eigenvalue weighted by Gasteiger charge is 2.41. The first-order valence-electron chi connectivity index (χ1n) is 12.7. The van der Waals surface area contributed by atoms with E-state index in [1.807, 2.05) is 5.32 Å². The quantitative estimate of drug-likeness (QED) is 0.349. The number of amides is 2. The van der Waals surface area contributed by atoms with E-state index in [1.54, 1.807) is 6.92 Å². The molecule has 0 radical (unpaired) electrons. The topological polar surface area (TPSA) is 107 Å². The van der Waals surface area contributed by atoms with Gasteiger partial charge in [-0.25, -0.2) is 9.97 Å². The van der Waals surface area contributed by atoms with Gasteiger partial charge in [-0.05, 0) is 52.5 Å². The number of aromatic nitrogens is 2. The Morgan fingerprint density at radius 2 is 1.88 bits per heavy atom. The average molecular weight is 596 g/mol. The molecule has 2 amide bonds. The van der Waals surface area contributed by atoms with Crippen LogP contribution in [0.5, 0.6) is 0 Å². The van der Waals surface area contributed by atoms with Crippen molar-refractivity contribution in [3.63, 3.8) is 0 Å². The van der Waals surface area contributed by atoms with Crippen LogP contribution < -0.4 is 10.6 Å². The highest BCUT2D eigenvalue weighted by atomic mass is 32.1. The van der Waals surface area contributed by atoms with Gasteiger partial charge in [-0.2, -0.15) is 26.3 Å². The third kappa shape index (κ3) is 7.62. The van der Waals surface area contributed by atoms with Crippen molar-refractivity contribution in [3.8, 4) is 10.4 Å². The lowest BCUT2D eigenvalue weighted by Crippen LogP contribution is -2.42. The number of likely N-dealkylation sites (tertiary alicyclic amines) is 1. The second-order valence-electron chi connectivity index (χ2n) is 10.3. The van der Waals surface area contributed by atoms with Crippen molar-refractivity contribution in [2.75, 3.05) is 18.4 Å². The summed E-state index contributed by atoms with van der Waals surface area (Å²) in [5.41, 5.74) is -3.61. The van der Waals surface area contributed by atoms with Gasteiger partial charge in [0.05, 0.1) is 16.0 Å². The number of piperidine rings is 1. The highest BCUT2D eigenvalue weighted by molar-refractivity contribution is 7.17. The molecule has 0 unspecified atom stereocenters. The Balaban J connectivity index is 2.13. The fraction of sp³-hybridized carbons (Fsp3) is 0.600. The van der Waals surface area contributed by atoms with Crippen LogP contribution in [0.15, 0.2) is 12.3 Å². The fourth-order valence-corrected chi connectivity index (χ4v) is 5.19. The second kappa shape index (κ2) is 11.9. The van der Waals surface area contributed by atoms with Gasteiger partial charge in [0.2, 0.25) is 0 Å². The molecular formula is C25H31F6N5O3S. The van der Waals surface area contributed by atoms with E-state index in [9.17, 15) is 41.0 Å². The summed E-state index contributed by atoms with van der Waals surface area (Å²) in [5.74, 6) is -2.13. The van der Waals surface area contributed by atoms with Gasteiger partial charge in [-0.3, -0.25) is 9.59 Å². The van der Waals surface area contributed by atoms with Crippen molar-refractivity contribution in [1.29, 1.82) is 0 Å². The summed E-state index contributed by atoms with van der Waals surface area (Å²) < 4.78 is 82.4. The van der Waals surface area contributed by atoms with Gasteiger partial charge in [-0.1, -0.05) is 6.92 Å². The molecule has 1 aliphatic heterocycles. The molecule has 3 rings (SSSR count). The van der Waals surface area contributed by atoms with Gasteiger partial charge < -0.3 is 20.6 Å². The zero-order valence-electron chi connectivity index (χ0n) is 22.3. The Labute approximate surface area is 231 Å². The van der Waals surface area contributed by atoms with Crippen LogP contribution in [-0.4, -0.2) is 68.7 Å². The number of nitrogens with one attached hydrogen (secondary N) is 2. The van der Waals surface area contributed by atoms with Gasteiger partial charge in [0.1, 0.15) is 17.6 Å². The lowest BCUT2D eigenvalue weighted by Gasteiger charge is -2.33. The number of carbonyl (C=O) groups excluding carboxylic acids is 2. The maximum atomic E-state index is 14.2. The van der Waals surface area contributed by atoms with Crippen molar-refractivity contribution in [2.45, 2.75) is 83.4 Å². The molecule has 0 aliphatic carbocycles. The van der Waals surface area contributed by atoms with Crippen LogP contribution in [0, 0.1) is 0 Å². The number of halogens is 6.